The first-order valence-corrected chi connectivity index (χ1v) is 9.86. The lowest BCUT2D eigenvalue weighted by Crippen LogP contribution is -2.15. The molecule has 0 aliphatic carbocycles. The average molecular weight is 376 g/mol. The van der Waals surface area contributed by atoms with E-state index in [1.54, 1.807) is 4.68 Å². The van der Waals surface area contributed by atoms with E-state index < -0.39 is 0 Å². The molecule has 1 aromatic heterocycles. The molecule has 2 aromatic carbocycles. The Morgan fingerprint density at radius 2 is 1.79 bits per heavy atom. The van der Waals surface area contributed by atoms with Crippen LogP contribution in [0, 0.1) is 6.92 Å². The number of benzene rings is 2. The first-order valence-electron chi connectivity index (χ1n) is 9.86. The van der Waals surface area contributed by atoms with Gasteiger partial charge in [0.1, 0.15) is 5.82 Å². The van der Waals surface area contributed by atoms with Crippen LogP contribution in [-0.4, -0.2) is 15.7 Å². The van der Waals surface area contributed by atoms with Crippen molar-refractivity contribution >= 4 is 11.7 Å². The third kappa shape index (κ3) is 4.33. The zero-order valence-electron chi connectivity index (χ0n) is 17.4. The summed E-state index contributed by atoms with van der Waals surface area (Å²) in [4.78, 5) is 12.9. The summed E-state index contributed by atoms with van der Waals surface area (Å²) in [5.74, 6) is 0.556. The lowest BCUT2D eigenvalue weighted by atomic mass is 9.92. The maximum atomic E-state index is 12.9. The number of aryl methyl sites for hydroxylation is 2. The van der Waals surface area contributed by atoms with Gasteiger partial charge in [-0.05, 0) is 48.7 Å². The number of rotatable bonds is 5. The monoisotopic (exact) mass is 375 g/mol. The molecule has 1 heterocycles. The van der Waals surface area contributed by atoms with Crippen LogP contribution < -0.4 is 5.32 Å². The van der Waals surface area contributed by atoms with Gasteiger partial charge in [0.25, 0.3) is 5.91 Å². The normalized spacial score (nSPS) is 11.5. The van der Waals surface area contributed by atoms with Gasteiger partial charge in [-0.25, -0.2) is 4.68 Å². The molecule has 0 bridgehead atoms. The van der Waals surface area contributed by atoms with Gasteiger partial charge in [-0.1, -0.05) is 58.4 Å². The number of hydrogen-bond donors (Lipinski definition) is 1. The molecule has 4 nitrogen and oxygen atoms in total. The van der Waals surface area contributed by atoms with Gasteiger partial charge in [-0.15, -0.1) is 0 Å². The smallest absolute Gasteiger partial charge is 0.256 e. The largest absolute Gasteiger partial charge is 0.306 e. The number of carbonyl (C=O) groups excluding carboxylic acids is 1. The van der Waals surface area contributed by atoms with E-state index >= 15 is 0 Å². The molecule has 0 fully saturated rings. The van der Waals surface area contributed by atoms with Gasteiger partial charge in [0, 0.05) is 17.0 Å². The van der Waals surface area contributed by atoms with Crippen LogP contribution in [0.1, 0.15) is 61.3 Å². The van der Waals surface area contributed by atoms with Crippen LogP contribution in [0.3, 0.4) is 0 Å². The van der Waals surface area contributed by atoms with Gasteiger partial charge in [0.15, 0.2) is 0 Å². The molecule has 0 saturated heterocycles. The molecule has 0 aliphatic heterocycles. The summed E-state index contributed by atoms with van der Waals surface area (Å²) in [6, 6.07) is 17.8. The van der Waals surface area contributed by atoms with Crippen molar-refractivity contribution in [1.29, 1.82) is 0 Å². The Kier molecular flexibility index (Phi) is 5.68. The van der Waals surface area contributed by atoms with E-state index in [0.717, 1.165) is 29.8 Å². The van der Waals surface area contributed by atoms with Crippen molar-refractivity contribution in [3.63, 3.8) is 0 Å². The van der Waals surface area contributed by atoms with Gasteiger partial charge < -0.3 is 5.32 Å². The zero-order chi connectivity index (χ0) is 20.3. The van der Waals surface area contributed by atoms with Crippen LogP contribution in [0.4, 0.5) is 5.82 Å². The minimum absolute atomic E-state index is 0.113. The summed E-state index contributed by atoms with van der Waals surface area (Å²) >= 11 is 0. The van der Waals surface area contributed by atoms with Gasteiger partial charge in [-0.2, -0.15) is 5.10 Å². The van der Waals surface area contributed by atoms with Crippen molar-refractivity contribution in [2.75, 3.05) is 5.32 Å². The third-order valence-electron chi connectivity index (χ3n) is 4.84. The molecule has 146 valence electrons. The first kappa shape index (κ1) is 19.9. The van der Waals surface area contributed by atoms with Crippen molar-refractivity contribution in [1.82, 2.24) is 9.78 Å². The highest BCUT2D eigenvalue weighted by Crippen LogP contribution is 2.26. The maximum absolute atomic E-state index is 12.9. The predicted octanol–water partition coefficient (Wildman–Crippen LogP) is 5.68. The van der Waals surface area contributed by atoms with Gasteiger partial charge in [0.2, 0.25) is 0 Å². The molecule has 0 unspecified atom stereocenters. The summed E-state index contributed by atoms with van der Waals surface area (Å²) in [6.07, 6.45) is 2.13. The fourth-order valence-corrected chi connectivity index (χ4v) is 3.18. The molecule has 1 amide bonds. The van der Waals surface area contributed by atoms with E-state index in [0.29, 0.717) is 11.4 Å². The second-order valence-electron chi connectivity index (χ2n) is 8.26. The highest BCUT2D eigenvalue weighted by Gasteiger charge is 2.22. The second-order valence-corrected chi connectivity index (χ2v) is 8.26. The second kappa shape index (κ2) is 8.01. The standard InChI is InChI=1S/C24H29N3O/c1-6-10-18-13-14-19(15-17(18)2)23(28)25-22-16-21(24(3,4)5)26-27(22)20-11-8-7-9-12-20/h7-9,11-16H,6,10H2,1-5H3,(H,25,28). The number of anilines is 1. The molecular weight excluding hydrogens is 346 g/mol. The summed E-state index contributed by atoms with van der Waals surface area (Å²) in [5, 5.41) is 7.81. The van der Waals surface area contributed by atoms with Crippen LogP contribution in [0.25, 0.3) is 5.69 Å². The van der Waals surface area contributed by atoms with Gasteiger partial charge in [-0.3, -0.25) is 4.79 Å². The zero-order valence-corrected chi connectivity index (χ0v) is 17.4. The molecule has 0 radical (unpaired) electrons. The quantitative estimate of drug-likeness (QED) is 0.623. The molecule has 4 heteroatoms. The minimum Gasteiger partial charge on any atom is -0.306 e. The third-order valence-corrected chi connectivity index (χ3v) is 4.84. The maximum Gasteiger partial charge on any atom is 0.256 e. The number of nitrogens with one attached hydrogen (secondary N) is 1. The Morgan fingerprint density at radius 3 is 2.39 bits per heavy atom. The van der Waals surface area contributed by atoms with Crippen LogP contribution in [0.5, 0.6) is 0 Å². The molecule has 0 aliphatic rings. The van der Waals surface area contributed by atoms with E-state index in [9.17, 15) is 4.79 Å². The lowest BCUT2D eigenvalue weighted by molar-refractivity contribution is 0.102. The Morgan fingerprint density at radius 1 is 1.07 bits per heavy atom. The molecule has 0 atom stereocenters. The molecule has 3 rings (SSSR count). The van der Waals surface area contributed by atoms with Gasteiger partial charge >= 0.3 is 0 Å². The molecular formula is C24H29N3O. The number of amides is 1. The summed E-state index contributed by atoms with van der Waals surface area (Å²) in [6.45, 7) is 10.6. The predicted molar refractivity (Wildman–Crippen MR) is 115 cm³/mol. The summed E-state index contributed by atoms with van der Waals surface area (Å²) in [7, 11) is 0. The van der Waals surface area contributed by atoms with Crippen LogP contribution in [0.15, 0.2) is 54.6 Å². The summed E-state index contributed by atoms with van der Waals surface area (Å²) in [5.41, 5.74) is 4.85. The Balaban J connectivity index is 1.94. The molecule has 0 saturated carbocycles. The molecule has 3 aromatic rings. The molecule has 0 spiro atoms. The van der Waals surface area contributed by atoms with Crippen molar-refractivity contribution < 1.29 is 4.79 Å². The number of aromatic nitrogens is 2. The van der Waals surface area contributed by atoms with Gasteiger partial charge in [0.05, 0.1) is 11.4 Å². The van der Waals surface area contributed by atoms with Crippen molar-refractivity contribution in [3.05, 3.63) is 77.0 Å². The van der Waals surface area contributed by atoms with E-state index in [2.05, 4.69) is 46.0 Å². The number of carbonyl (C=O) groups is 1. The Hall–Kier alpha value is -2.88. The highest BCUT2D eigenvalue weighted by molar-refractivity contribution is 6.04. The average Bonchev–Trinajstić information content (AvgIpc) is 3.08. The minimum atomic E-state index is -0.122. The SMILES string of the molecule is CCCc1ccc(C(=O)Nc2cc(C(C)(C)C)nn2-c2ccccc2)cc1C. The fourth-order valence-electron chi connectivity index (χ4n) is 3.18. The Bertz CT molecular complexity index is 965. The van der Waals surface area contributed by atoms with Crippen molar-refractivity contribution in [2.45, 2.75) is 52.9 Å². The van der Waals surface area contributed by atoms with Crippen molar-refractivity contribution in [2.24, 2.45) is 0 Å². The van der Waals surface area contributed by atoms with E-state index in [1.165, 1.54) is 5.56 Å². The van der Waals surface area contributed by atoms with Crippen LogP contribution in [0.2, 0.25) is 0 Å². The van der Waals surface area contributed by atoms with Crippen LogP contribution in [-0.2, 0) is 11.8 Å². The number of nitrogens with zero attached hydrogens (tertiary/aromatic N) is 2. The van der Waals surface area contributed by atoms with E-state index in [-0.39, 0.29) is 11.3 Å². The summed E-state index contributed by atoms with van der Waals surface area (Å²) < 4.78 is 1.80. The van der Waals surface area contributed by atoms with Crippen LogP contribution >= 0.6 is 0 Å². The van der Waals surface area contributed by atoms with E-state index in [4.69, 9.17) is 5.10 Å². The Labute approximate surface area is 167 Å². The first-order chi connectivity index (χ1) is 13.3. The van der Waals surface area contributed by atoms with Crippen molar-refractivity contribution in [3.8, 4) is 5.69 Å². The topological polar surface area (TPSA) is 46.9 Å². The molecule has 1 N–H and O–H groups in total. The fraction of sp³-hybridized carbons (Fsp3) is 0.333. The van der Waals surface area contributed by atoms with E-state index in [1.807, 2.05) is 48.5 Å². The lowest BCUT2D eigenvalue weighted by Gasteiger charge is -2.14. The number of hydrogen-bond acceptors (Lipinski definition) is 2. The highest BCUT2D eigenvalue weighted by atomic mass is 16.1. The molecule has 28 heavy (non-hydrogen) atoms. The number of para-hydroxylation sites is 1.